The van der Waals surface area contributed by atoms with E-state index >= 15 is 0 Å². The molecule has 0 aliphatic heterocycles. The van der Waals surface area contributed by atoms with Crippen molar-refractivity contribution in [1.29, 1.82) is 0 Å². The summed E-state index contributed by atoms with van der Waals surface area (Å²) in [4.78, 5) is 0. The summed E-state index contributed by atoms with van der Waals surface area (Å²) in [5.74, 6) is 1.47. The molecule has 1 atom stereocenters. The van der Waals surface area contributed by atoms with Crippen LogP contribution in [0.2, 0.25) is 0 Å². The van der Waals surface area contributed by atoms with E-state index in [1.165, 1.54) is 0 Å². The highest BCUT2D eigenvalue weighted by Gasteiger charge is 2.26. The molecule has 0 aromatic heterocycles. The Kier molecular flexibility index (Phi) is 4.31. The van der Waals surface area contributed by atoms with Gasteiger partial charge in [0, 0.05) is 0 Å². The Balaban J connectivity index is 3.26. The number of hydrogen-bond donors (Lipinski definition) is 0. The Morgan fingerprint density at radius 1 is 1.06 bits per heavy atom. The van der Waals surface area contributed by atoms with Crippen LogP contribution in [0.3, 0.4) is 0 Å². The van der Waals surface area contributed by atoms with E-state index in [9.17, 15) is 0 Å². The normalized spacial score (nSPS) is 13.4. The van der Waals surface area contributed by atoms with Crippen molar-refractivity contribution >= 4 is 11.6 Å². The molecule has 0 amide bonds. The molecule has 0 spiro atoms. The average Bonchev–Trinajstić information content (AvgIpc) is 2.26. The minimum absolute atomic E-state index is 0.00587. The molecule has 17 heavy (non-hydrogen) atoms. The lowest BCUT2D eigenvalue weighted by atomic mass is 9.85. The van der Waals surface area contributed by atoms with Crippen LogP contribution in [0.15, 0.2) is 12.1 Å². The van der Waals surface area contributed by atoms with Crippen molar-refractivity contribution < 1.29 is 9.47 Å². The summed E-state index contributed by atoms with van der Waals surface area (Å²) in [6.07, 6.45) is 0. The summed E-state index contributed by atoms with van der Waals surface area (Å²) >= 11 is 6.52. The van der Waals surface area contributed by atoms with Gasteiger partial charge in [-0.15, -0.1) is 11.6 Å². The van der Waals surface area contributed by atoms with Crippen LogP contribution in [0.4, 0.5) is 0 Å². The van der Waals surface area contributed by atoms with Crippen LogP contribution in [0, 0.1) is 12.3 Å². The van der Waals surface area contributed by atoms with E-state index in [1.807, 2.05) is 19.1 Å². The molecular weight excluding hydrogens is 236 g/mol. The molecule has 0 fully saturated rings. The molecular formula is C14H21ClO2. The highest BCUT2D eigenvalue weighted by Crippen LogP contribution is 2.43. The molecule has 0 radical (unpaired) electrons. The van der Waals surface area contributed by atoms with E-state index in [0.717, 1.165) is 22.6 Å². The van der Waals surface area contributed by atoms with Gasteiger partial charge in [0.1, 0.15) is 0 Å². The van der Waals surface area contributed by atoms with E-state index in [1.54, 1.807) is 14.2 Å². The lowest BCUT2D eigenvalue weighted by Gasteiger charge is -2.27. The number of ether oxygens (including phenoxy) is 2. The van der Waals surface area contributed by atoms with E-state index in [4.69, 9.17) is 21.1 Å². The van der Waals surface area contributed by atoms with E-state index in [-0.39, 0.29) is 10.8 Å². The first-order valence-electron chi connectivity index (χ1n) is 5.68. The van der Waals surface area contributed by atoms with Crippen LogP contribution in [0.25, 0.3) is 0 Å². The maximum absolute atomic E-state index is 6.52. The minimum Gasteiger partial charge on any atom is -0.493 e. The lowest BCUT2D eigenvalue weighted by molar-refractivity contribution is 0.351. The second-order valence-electron chi connectivity index (χ2n) is 5.29. The lowest BCUT2D eigenvalue weighted by Crippen LogP contribution is -2.14. The molecule has 0 saturated carbocycles. The second-order valence-corrected chi connectivity index (χ2v) is 5.73. The zero-order chi connectivity index (χ0) is 13.2. The zero-order valence-corrected chi connectivity index (χ0v) is 12.2. The largest absolute Gasteiger partial charge is 0.493 e. The van der Waals surface area contributed by atoms with Crippen LogP contribution in [-0.4, -0.2) is 14.2 Å². The first-order chi connectivity index (χ1) is 7.81. The quantitative estimate of drug-likeness (QED) is 0.749. The van der Waals surface area contributed by atoms with Crippen molar-refractivity contribution in [1.82, 2.24) is 0 Å². The van der Waals surface area contributed by atoms with Gasteiger partial charge in [0.2, 0.25) is 0 Å². The van der Waals surface area contributed by atoms with Gasteiger partial charge in [-0.3, -0.25) is 0 Å². The minimum atomic E-state index is -0.0534. The highest BCUT2D eigenvalue weighted by atomic mass is 35.5. The van der Waals surface area contributed by atoms with Gasteiger partial charge in [-0.05, 0) is 35.6 Å². The van der Waals surface area contributed by atoms with Gasteiger partial charge in [-0.25, -0.2) is 0 Å². The second kappa shape index (κ2) is 5.18. The van der Waals surface area contributed by atoms with E-state index in [2.05, 4.69) is 20.8 Å². The highest BCUT2D eigenvalue weighted by molar-refractivity contribution is 6.21. The molecule has 0 heterocycles. The molecule has 0 aliphatic rings. The van der Waals surface area contributed by atoms with Gasteiger partial charge in [-0.1, -0.05) is 20.8 Å². The Labute approximate surface area is 109 Å². The van der Waals surface area contributed by atoms with Crippen molar-refractivity contribution in [2.45, 2.75) is 33.1 Å². The third-order valence-corrected chi connectivity index (χ3v) is 3.70. The summed E-state index contributed by atoms with van der Waals surface area (Å²) in [5.41, 5.74) is 2.22. The summed E-state index contributed by atoms with van der Waals surface area (Å²) in [6, 6.07) is 3.94. The number of methoxy groups -OCH3 is 2. The fourth-order valence-corrected chi connectivity index (χ4v) is 1.97. The Hall–Kier alpha value is -0.890. The molecule has 1 aromatic rings. The predicted octanol–water partition coefficient (Wildman–Crippen LogP) is 4.34. The monoisotopic (exact) mass is 256 g/mol. The maximum atomic E-state index is 6.52. The van der Waals surface area contributed by atoms with Crippen molar-refractivity contribution in [2.75, 3.05) is 14.2 Å². The van der Waals surface area contributed by atoms with Gasteiger partial charge in [-0.2, -0.15) is 0 Å². The van der Waals surface area contributed by atoms with Crippen LogP contribution in [-0.2, 0) is 0 Å². The molecule has 0 bridgehead atoms. The smallest absolute Gasteiger partial charge is 0.161 e. The first-order valence-corrected chi connectivity index (χ1v) is 6.11. The molecule has 0 aliphatic carbocycles. The molecule has 0 N–H and O–H groups in total. The van der Waals surface area contributed by atoms with Gasteiger partial charge in [0.15, 0.2) is 11.5 Å². The van der Waals surface area contributed by atoms with Crippen molar-refractivity contribution in [2.24, 2.45) is 5.41 Å². The molecule has 1 aromatic carbocycles. The zero-order valence-electron chi connectivity index (χ0n) is 11.4. The summed E-state index contributed by atoms with van der Waals surface area (Å²) in [6.45, 7) is 8.42. The number of rotatable bonds is 3. The van der Waals surface area contributed by atoms with Crippen molar-refractivity contribution in [3.05, 3.63) is 23.3 Å². The van der Waals surface area contributed by atoms with Crippen molar-refractivity contribution in [3.8, 4) is 11.5 Å². The molecule has 1 unspecified atom stereocenters. The SMILES string of the molecule is COc1cc(C)c(C(Cl)C(C)(C)C)cc1OC. The van der Waals surface area contributed by atoms with Crippen molar-refractivity contribution in [3.63, 3.8) is 0 Å². The van der Waals surface area contributed by atoms with E-state index < -0.39 is 0 Å². The van der Waals surface area contributed by atoms with Gasteiger partial charge in [0.05, 0.1) is 19.6 Å². The summed E-state index contributed by atoms with van der Waals surface area (Å²) in [7, 11) is 3.27. The van der Waals surface area contributed by atoms with Crippen LogP contribution in [0.1, 0.15) is 37.3 Å². The maximum Gasteiger partial charge on any atom is 0.161 e. The topological polar surface area (TPSA) is 18.5 Å². The van der Waals surface area contributed by atoms with Gasteiger partial charge >= 0.3 is 0 Å². The fourth-order valence-electron chi connectivity index (χ4n) is 1.74. The number of aryl methyl sites for hydroxylation is 1. The third-order valence-electron chi connectivity index (χ3n) is 2.81. The molecule has 1 rings (SSSR count). The molecule has 0 saturated heterocycles. The summed E-state index contributed by atoms with van der Waals surface area (Å²) in [5, 5.41) is -0.0534. The van der Waals surface area contributed by atoms with Crippen LogP contribution < -0.4 is 9.47 Å². The molecule has 3 heteroatoms. The van der Waals surface area contributed by atoms with E-state index in [0.29, 0.717) is 0 Å². The van der Waals surface area contributed by atoms with Gasteiger partial charge < -0.3 is 9.47 Å². The van der Waals surface area contributed by atoms with Gasteiger partial charge in [0.25, 0.3) is 0 Å². The first kappa shape index (κ1) is 14.2. The number of hydrogen-bond acceptors (Lipinski definition) is 2. The third kappa shape index (κ3) is 3.06. The number of halogens is 1. The predicted molar refractivity (Wildman–Crippen MR) is 72.3 cm³/mol. The standard InChI is InChI=1S/C14H21ClO2/c1-9-7-11(16-5)12(17-6)8-10(9)13(15)14(2,3)4/h7-8,13H,1-6H3. The van der Waals surface area contributed by atoms with Crippen LogP contribution in [0.5, 0.6) is 11.5 Å². The number of alkyl halides is 1. The average molecular weight is 257 g/mol. The fraction of sp³-hybridized carbons (Fsp3) is 0.571. The summed E-state index contributed by atoms with van der Waals surface area (Å²) < 4.78 is 10.6. The molecule has 2 nitrogen and oxygen atoms in total. The molecule has 96 valence electrons. The van der Waals surface area contributed by atoms with Crippen LogP contribution >= 0.6 is 11.6 Å². The number of benzene rings is 1. The Morgan fingerprint density at radius 2 is 1.53 bits per heavy atom. The Morgan fingerprint density at radius 3 is 1.94 bits per heavy atom. The Bertz CT molecular complexity index is 394.